The summed E-state index contributed by atoms with van der Waals surface area (Å²) in [5, 5.41) is 0. The fourth-order valence-corrected chi connectivity index (χ4v) is 5.48. The van der Waals surface area contributed by atoms with Crippen LogP contribution in [0.4, 0.5) is 26.3 Å². The first-order valence-electron chi connectivity index (χ1n) is 10.7. The molecule has 0 aliphatic heterocycles. The molecule has 0 bridgehead atoms. The summed E-state index contributed by atoms with van der Waals surface area (Å²) in [5.41, 5.74) is 1.35. The fourth-order valence-electron chi connectivity index (χ4n) is 5.48. The second kappa shape index (κ2) is 8.40. The third kappa shape index (κ3) is 4.41. The Hall–Kier alpha value is -2.18. The molecule has 0 aromatic heterocycles. The van der Waals surface area contributed by atoms with Gasteiger partial charge in [0.1, 0.15) is 5.82 Å². The molecule has 0 spiro atoms. The van der Waals surface area contributed by atoms with Crippen LogP contribution < -0.4 is 4.74 Å². The molecule has 3 atom stereocenters. The van der Waals surface area contributed by atoms with Crippen molar-refractivity contribution in [3.05, 3.63) is 52.8 Å². The number of rotatable bonds is 4. The molecule has 1 fully saturated rings. The number of hydrogen-bond acceptors (Lipinski definition) is 1. The standard InChI is InChI=1S/C24H24F6O/c1-2-3-13-4-6-16-14(10-13)5-7-19-18(16)9-8-17(22(19)27)15-11-20(25)23(21(26)12-15)31-24(28,29)30/h8-9,11-14,16H,2-7,10H2,1H3/t13-,14-,16+/m1/s1. The summed E-state index contributed by atoms with van der Waals surface area (Å²) in [6, 6.07) is 4.65. The van der Waals surface area contributed by atoms with Crippen molar-refractivity contribution in [1.29, 1.82) is 0 Å². The molecule has 0 saturated heterocycles. The van der Waals surface area contributed by atoms with Crippen LogP contribution >= 0.6 is 0 Å². The predicted octanol–water partition coefficient (Wildman–Crippen LogP) is 7.92. The van der Waals surface area contributed by atoms with E-state index in [1.165, 1.54) is 12.5 Å². The summed E-state index contributed by atoms with van der Waals surface area (Å²) in [6.45, 7) is 2.19. The minimum Gasteiger partial charge on any atom is -0.399 e. The Bertz CT molecular complexity index is 944. The molecule has 7 heteroatoms. The zero-order valence-corrected chi connectivity index (χ0v) is 17.2. The summed E-state index contributed by atoms with van der Waals surface area (Å²) in [4.78, 5) is 0. The molecule has 2 aromatic rings. The SMILES string of the molecule is CCC[C@@H]1CC[C@@H]2c3ccc(-c4cc(F)c(OC(F)(F)F)c(F)c4)c(F)c3CC[C@@H]2C1. The molecule has 0 unspecified atom stereocenters. The highest BCUT2D eigenvalue weighted by Crippen LogP contribution is 2.49. The molecule has 1 saturated carbocycles. The van der Waals surface area contributed by atoms with Crippen molar-refractivity contribution >= 4 is 0 Å². The second-order valence-electron chi connectivity index (χ2n) is 8.68. The zero-order chi connectivity index (χ0) is 22.3. The lowest BCUT2D eigenvalue weighted by atomic mass is 9.64. The average Bonchev–Trinajstić information content (AvgIpc) is 2.70. The maximum absolute atomic E-state index is 15.4. The van der Waals surface area contributed by atoms with Crippen LogP contribution in [0.2, 0.25) is 0 Å². The lowest BCUT2D eigenvalue weighted by Crippen LogP contribution is -2.28. The van der Waals surface area contributed by atoms with Crippen molar-refractivity contribution in [3.63, 3.8) is 0 Å². The number of fused-ring (bicyclic) bond motifs is 3. The Balaban J connectivity index is 1.65. The number of halogens is 6. The van der Waals surface area contributed by atoms with E-state index in [1.807, 2.05) is 6.07 Å². The van der Waals surface area contributed by atoms with E-state index < -0.39 is 29.6 Å². The van der Waals surface area contributed by atoms with Gasteiger partial charge < -0.3 is 4.74 Å². The molecule has 2 aromatic carbocycles. The smallest absolute Gasteiger partial charge is 0.399 e. The van der Waals surface area contributed by atoms with E-state index in [2.05, 4.69) is 11.7 Å². The summed E-state index contributed by atoms with van der Waals surface area (Å²) < 4.78 is 84.1. The molecule has 0 amide bonds. The highest BCUT2D eigenvalue weighted by Gasteiger charge is 2.37. The molecule has 0 radical (unpaired) electrons. The molecular weight excluding hydrogens is 418 g/mol. The number of hydrogen-bond donors (Lipinski definition) is 0. The third-order valence-corrected chi connectivity index (χ3v) is 6.76. The van der Waals surface area contributed by atoms with Crippen LogP contribution in [0.3, 0.4) is 0 Å². The van der Waals surface area contributed by atoms with Gasteiger partial charge in [0.05, 0.1) is 0 Å². The quantitative estimate of drug-likeness (QED) is 0.437. The van der Waals surface area contributed by atoms with E-state index in [4.69, 9.17) is 0 Å². The van der Waals surface area contributed by atoms with Gasteiger partial charge in [0.15, 0.2) is 11.6 Å². The minimum atomic E-state index is -5.23. The minimum absolute atomic E-state index is 0.0202. The molecule has 4 rings (SSSR count). The lowest BCUT2D eigenvalue weighted by Gasteiger charge is -2.41. The first-order valence-corrected chi connectivity index (χ1v) is 10.7. The molecule has 1 nitrogen and oxygen atoms in total. The van der Waals surface area contributed by atoms with Crippen LogP contribution in [0.5, 0.6) is 5.75 Å². The molecule has 168 valence electrons. The Labute approximate surface area is 177 Å². The third-order valence-electron chi connectivity index (χ3n) is 6.76. The second-order valence-corrected chi connectivity index (χ2v) is 8.68. The molecule has 2 aliphatic rings. The van der Waals surface area contributed by atoms with E-state index in [0.29, 0.717) is 30.0 Å². The monoisotopic (exact) mass is 442 g/mol. The predicted molar refractivity (Wildman–Crippen MR) is 105 cm³/mol. The summed E-state index contributed by atoms with van der Waals surface area (Å²) in [7, 11) is 0. The van der Waals surface area contributed by atoms with Gasteiger partial charge in [-0.3, -0.25) is 0 Å². The molecule has 31 heavy (non-hydrogen) atoms. The number of ether oxygens (including phenoxy) is 1. The number of alkyl halides is 3. The Morgan fingerprint density at radius 2 is 1.71 bits per heavy atom. The molecular formula is C24H24F6O. The summed E-state index contributed by atoms with van der Waals surface area (Å²) in [5.74, 6) is -3.61. The Morgan fingerprint density at radius 1 is 1.00 bits per heavy atom. The van der Waals surface area contributed by atoms with E-state index in [-0.39, 0.29) is 17.0 Å². The number of benzene rings is 2. The van der Waals surface area contributed by atoms with E-state index in [1.54, 1.807) is 0 Å². The normalized spacial score (nSPS) is 23.3. The van der Waals surface area contributed by atoms with Gasteiger partial charge in [0.2, 0.25) is 5.75 Å². The molecule has 0 N–H and O–H groups in total. The van der Waals surface area contributed by atoms with Crippen LogP contribution in [0.25, 0.3) is 11.1 Å². The van der Waals surface area contributed by atoms with E-state index in [0.717, 1.165) is 43.6 Å². The van der Waals surface area contributed by atoms with Crippen molar-refractivity contribution < 1.29 is 31.1 Å². The largest absolute Gasteiger partial charge is 0.573 e. The van der Waals surface area contributed by atoms with Crippen molar-refractivity contribution in [1.82, 2.24) is 0 Å². The van der Waals surface area contributed by atoms with Gasteiger partial charge >= 0.3 is 6.36 Å². The Morgan fingerprint density at radius 3 is 2.35 bits per heavy atom. The van der Waals surface area contributed by atoms with Crippen LogP contribution in [0.15, 0.2) is 24.3 Å². The highest BCUT2D eigenvalue weighted by molar-refractivity contribution is 5.67. The van der Waals surface area contributed by atoms with Crippen LogP contribution in [-0.2, 0) is 6.42 Å². The zero-order valence-electron chi connectivity index (χ0n) is 17.2. The van der Waals surface area contributed by atoms with Gasteiger partial charge in [-0.05, 0) is 78.7 Å². The maximum Gasteiger partial charge on any atom is 0.573 e. The molecule has 2 aliphatic carbocycles. The van der Waals surface area contributed by atoms with Crippen LogP contribution in [0, 0.1) is 29.3 Å². The summed E-state index contributed by atoms with van der Waals surface area (Å²) >= 11 is 0. The van der Waals surface area contributed by atoms with Gasteiger partial charge in [-0.25, -0.2) is 13.2 Å². The van der Waals surface area contributed by atoms with Gasteiger partial charge in [-0.15, -0.1) is 13.2 Å². The average molecular weight is 442 g/mol. The van der Waals surface area contributed by atoms with Gasteiger partial charge in [0.25, 0.3) is 0 Å². The lowest BCUT2D eigenvalue weighted by molar-refractivity contribution is -0.276. The van der Waals surface area contributed by atoms with Crippen molar-refractivity contribution in [2.75, 3.05) is 0 Å². The Kier molecular flexibility index (Phi) is 5.97. The van der Waals surface area contributed by atoms with Gasteiger partial charge in [-0.2, -0.15) is 0 Å². The van der Waals surface area contributed by atoms with E-state index in [9.17, 15) is 22.0 Å². The van der Waals surface area contributed by atoms with Gasteiger partial charge in [-0.1, -0.05) is 31.9 Å². The van der Waals surface area contributed by atoms with Crippen molar-refractivity contribution in [2.24, 2.45) is 11.8 Å². The molecule has 0 heterocycles. The van der Waals surface area contributed by atoms with Crippen molar-refractivity contribution in [2.45, 2.75) is 64.1 Å². The summed E-state index contributed by atoms with van der Waals surface area (Å²) in [6.07, 6.45) is 1.85. The van der Waals surface area contributed by atoms with Crippen molar-refractivity contribution in [3.8, 4) is 16.9 Å². The topological polar surface area (TPSA) is 9.23 Å². The van der Waals surface area contributed by atoms with Crippen LogP contribution in [0.1, 0.15) is 62.5 Å². The maximum atomic E-state index is 15.4. The first-order chi connectivity index (χ1) is 14.7. The van der Waals surface area contributed by atoms with E-state index >= 15 is 4.39 Å². The van der Waals surface area contributed by atoms with Gasteiger partial charge in [0, 0.05) is 5.56 Å². The first kappa shape index (κ1) is 22.0. The fraction of sp³-hybridized carbons (Fsp3) is 0.500. The van der Waals surface area contributed by atoms with Crippen LogP contribution in [-0.4, -0.2) is 6.36 Å². The highest BCUT2D eigenvalue weighted by atomic mass is 19.4.